The molecule has 4 aromatic rings. The maximum absolute atomic E-state index is 13.6. The third-order valence-corrected chi connectivity index (χ3v) is 24.2. The van der Waals surface area contributed by atoms with E-state index in [4.69, 9.17) is 0 Å². The first-order valence-corrected chi connectivity index (χ1v) is 43.7. The van der Waals surface area contributed by atoms with E-state index in [1.54, 1.807) is 0 Å². The van der Waals surface area contributed by atoms with Crippen LogP contribution in [0.3, 0.4) is 0 Å². The Morgan fingerprint density at radius 3 is 0.442 bits per heavy atom. The average molecular weight is 1450 g/mol. The molecule has 0 saturated carbocycles. The van der Waals surface area contributed by atoms with Gasteiger partial charge in [-0.05, 0) is 102 Å². The van der Waals surface area contributed by atoms with Crippen LogP contribution in [0.1, 0.15) is 430 Å². The number of rotatable bonds is 56. The predicted octanol–water partition coefficient (Wildman–Crippen LogP) is 25.2. The van der Waals surface area contributed by atoms with Gasteiger partial charge in [0.2, 0.25) is 0 Å². The standard InChI is InChI=1S/C92H156N4O8/c1-13-25-29-33-37-41-45-49-53-57-69-73-61-75(87(99)81(85(73)97)65-93(17-5)18-6)70(58-54-50-46-42-38-34-30-26-14-2)77-63-79(91(103)83(89(77)101)67-95(21-9)22-10)72(60-56-52-48-44-40-36-32-28-16-4)80-64-78(90(102)84(92(80)104)68-96(23-11)24-12)71(59-55-51-47-43-39-35-31-27-15-3)76-62-74(69)86(98)82(88(76)100)66-94(19-7)20-8/h61-64,69-72,97-104H,13-60,65-68H2,1-12H3. The van der Waals surface area contributed by atoms with Crippen molar-refractivity contribution in [1.82, 2.24) is 19.6 Å². The summed E-state index contributed by atoms with van der Waals surface area (Å²) < 4.78 is 0. The summed E-state index contributed by atoms with van der Waals surface area (Å²) in [6, 6.07) is 8.13. The summed E-state index contributed by atoms with van der Waals surface area (Å²) in [6.45, 7) is 32.3. The van der Waals surface area contributed by atoms with Gasteiger partial charge in [-0.25, -0.2) is 0 Å². The molecule has 0 fully saturated rings. The van der Waals surface area contributed by atoms with Gasteiger partial charge in [0.25, 0.3) is 0 Å². The second kappa shape index (κ2) is 50.7. The minimum atomic E-state index is -0.635. The van der Waals surface area contributed by atoms with Crippen molar-refractivity contribution in [1.29, 1.82) is 0 Å². The Morgan fingerprint density at radius 2 is 0.317 bits per heavy atom. The van der Waals surface area contributed by atoms with E-state index in [1.165, 1.54) is 128 Å². The molecule has 0 aliphatic heterocycles. The predicted molar refractivity (Wildman–Crippen MR) is 440 cm³/mol. The zero-order valence-corrected chi connectivity index (χ0v) is 68.8. The van der Waals surface area contributed by atoms with Crippen LogP contribution in [0.4, 0.5) is 0 Å². The number of benzene rings is 4. The van der Waals surface area contributed by atoms with Gasteiger partial charge in [0.05, 0.1) is 22.3 Å². The normalized spacial score (nSPS) is 15.5. The summed E-state index contributed by atoms with van der Waals surface area (Å²) in [5.74, 6) is -2.59. The molecule has 1 aliphatic carbocycles. The van der Waals surface area contributed by atoms with Crippen molar-refractivity contribution in [2.45, 2.75) is 390 Å². The number of hydrogen-bond donors (Lipinski definition) is 8. The third-order valence-electron chi connectivity index (χ3n) is 24.2. The summed E-state index contributed by atoms with van der Waals surface area (Å²) >= 11 is 0. The van der Waals surface area contributed by atoms with Crippen LogP contribution in [0.25, 0.3) is 0 Å². The summed E-state index contributed by atoms with van der Waals surface area (Å²) in [6.07, 6.45) is 42.3. The number of phenolic OH excluding ortho intramolecular Hbond substituents is 8. The molecule has 12 nitrogen and oxygen atoms in total. The maximum atomic E-state index is 13.6. The van der Waals surface area contributed by atoms with E-state index in [1.807, 2.05) is 24.3 Å². The fourth-order valence-electron chi connectivity index (χ4n) is 17.0. The molecule has 0 amide bonds. The zero-order chi connectivity index (χ0) is 75.8. The largest absolute Gasteiger partial charge is 0.507 e. The Morgan fingerprint density at radius 1 is 0.192 bits per heavy atom. The molecule has 0 unspecified atom stereocenters. The van der Waals surface area contributed by atoms with Crippen LogP contribution in [0, 0.1) is 0 Å². The van der Waals surface area contributed by atoms with Gasteiger partial charge in [0, 0.05) is 94.4 Å². The van der Waals surface area contributed by atoms with Crippen LogP contribution in [0.2, 0.25) is 0 Å². The van der Waals surface area contributed by atoms with Gasteiger partial charge in [0.15, 0.2) is 0 Å². The number of nitrogens with zero attached hydrogens (tertiary/aromatic N) is 4. The second-order valence-electron chi connectivity index (χ2n) is 31.4. The molecule has 8 N–H and O–H groups in total. The van der Waals surface area contributed by atoms with Crippen LogP contribution in [0.5, 0.6) is 46.0 Å². The fraction of sp³-hybridized carbons (Fsp3) is 0.739. The molecular formula is C92H156N4O8. The Kier molecular flexibility index (Phi) is 43.7. The SMILES string of the molecule is CCCCCCCCCCCC1c2cc(c(O)c(CN(CC)CC)c2O)C(CCCCCCCCCCC)c2cc(c(O)c(CN(CC)CC)c2O)C(CCCCCCCCCCC)c2cc(c(O)c(CN(CC)CC)c2O)C(CCCCCCCCCCC)c2cc1c(O)c(CN(CC)CC)c2O. The van der Waals surface area contributed by atoms with Crippen molar-refractivity contribution in [2.24, 2.45) is 0 Å². The molecule has 104 heavy (non-hydrogen) atoms. The number of aromatic hydroxyl groups is 8. The van der Waals surface area contributed by atoms with E-state index >= 15 is 0 Å². The quantitative estimate of drug-likeness (QED) is 0.0197. The zero-order valence-electron chi connectivity index (χ0n) is 68.8. The number of unbranched alkanes of at least 4 members (excludes halogenated alkanes) is 32. The van der Waals surface area contributed by atoms with Crippen LogP contribution in [-0.2, 0) is 26.2 Å². The van der Waals surface area contributed by atoms with Gasteiger partial charge in [0.1, 0.15) is 46.0 Å². The Bertz CT molecular complexity index is 2490. The molecular weight excluding hydrogens is 1290 g/mol. The lowest BCUT2D eigenvalue weighted by molar-refractivity contribution is 0.282. The van der Waals surface area contributed by atoms with Crippen LogP contribution in [-0.4, -0.2) is 113 Å². The van der Waals surface area contributed by atoms with E-state index in [2.05, 4.69) is 103 Å². The lowest BCUT2D eigenvalue weighted by Gasteiger charge is -2.33. The lowest BCUT2D eigenvalue weighted by Crippen LogP contribution is -2.24. The molecule has 12 heteroatoms. The topological polar surface area (TPSA) is 175 Å². The van der Waals surface area contributed by atoms with Crippen molar-refractivity contribution in [3.05, 3.63) is 91.0 Å². The lowest BCUT2D eigenvalue weighted by atomic mass is 9.74. The number of fused-ring (bicyclic) bond motifs is 8. The molecule has 0 spiro atoms. The molecule has 5 rings (SSSR count). The van der Waals surface area contributed by atoms with Gasteiger partial charge in [-0.1, -0.05) is 314 Å². The Labute approximate surface area is 636 Å². The summed E-state index contributed by atoms with van der Waals surface area (Å²) in [4.78, 5) is 8.91. The average Bonchev–Trinajstić information content (AvgIpc) is 0.738. The van der Waals surface area contributed by atoms with E-state index in [0.717, 1.165) is 103 Å². The minimum Gasteiger partial charge on any atom is -0.507 e. The molecule has 0 saturated heterocycles. The highest BCUT2D eigenvalue weighted by Crippen LogP contribution is 2.57. The van der Waals surface area contributed by atoms with Crippen molar-refractivity contribution >= 4 is 0 Å². The van der Waals surface area contributed by atoms with Gasteiger partial charge in [-0.2, -0.15) is 0 Å². The van der Waals surface area contributed by atoms with E-state index in [0.29, 0.717) is 145 Å². The van der Waals surface area contributed by atoms with Gasteiger partial charge in [-0.15, -0.1) is 0 Å². The van der Waals surface area contributed by atoms with Crippen molar-refractivity contribution < 1.29 is 40.9 Å². The van der Waals surface area contributed by atoms with E-state index < -0.39 is 23.7 Å². The van der Waals surface area contributed by atoms with E-state index in [9.17, 15) is 40.9 Å². The van der Waals surface area contributed by atoms with Crippen LogP contribution in [0.15, 0.2) is 24.3 Å². The Hall–Kier alpha value is -4.88. The number of hydrogen-bond acceptors (Lipinski definition) is 12. The molecule has 0 aromatic heterocycles. The molecule has 1 aliphatic rings. The summed E-state index contributed by atoms with van der Waals surface area (Å²) in [5, 5.41) is 109. The summed E-state index contributed by atoms with van der Waals surface area (Å²) in [5.41, 5.74) is 6.44. The first-order chi connectivity index (χ1) is 50.5. The molecule has 0 heterocycles. The van der Waals surface area contributed by atoms with Crippen LogP contribution < -0.4 is 0 Å². The highest BCUT2D eigenvalue weighted by atomic mass is 16.3. The molecule has 4 aromatic carbocycles. The monoisotopic (exact) mass is 1450 g/mol. The van der Waals surface area contributed by atoms with Crippen molar-refractivity contribution in [3.63, 3.8) is 0 Å². The van der Waals surface area contributed by atoms with Gasteiger partial charge in [-0.3, -0.25) is 19.6 Å². The highest BCUT2D eigenvalue weighted by Gasteiger charge is 2.38. The van der Waals surface area contributed by atoms with Gasteiger partial charge < -0.3 is 40.9 Å². The Balaban J connectivity index is 2.10. The third kappa shape index (κ3) is 26.8. The molecule has 592 valence electrons. The van der Waals surface area contributed by atoms with Crippen LogP contribution >= 0.6 is 0 Å². The van der Waals surface area contributed by atoms with E-state index in [-0.39, 0.29) is 72.2 Å². The molecule has 0 radical (unpaired) electrons. The first-order valence-electron chi connectivity index (χ1n) is 43.7. The smallest absolute Gasteiger partial charge is 0.127 e. The minimum absolute atomic E-state index is 0.00620. The van der Waals surface area contributed by atoms with Crippen molar-refractivity contribution in [3.8, 4) is 46.0 Å². The number of phenols is 8. The first kappa shape index (κ1) is 89.7. The maximum Gasteiger partial charge on any atom is 0.127 e. The van der Waals surface area contributed by atoms with Gasteiger partial charge >= 0.3 is 0 Å². The van der Waals surface area contributed by atoms with Crippen molar-refractivity contribution in [2.75, 3.05) is 52.4 Å². The molecule has 8 bridgehead atoms. The fourth-order valence-corrected chi connectivity index (χ4v) is 17.0. The highest BCUT2D eigenvalue weighted by molar-refractivity contribution is 5.68. The second-order valence-corrected chi connectivity index (χ2v) is 31.4. The molecule has 0 atom stereocenters. The summed E-state index contributed by atoms with van der Waals surface area (Å²) in [7, 11) is 0.